The van der Waals surface area contributed by atoms with E-state index in [1.54, 1.807) is 11.3 Å². The van der Waals surface area contributed by atoms with Gasteiger partial charge in [-0.15, -0.1) is 0 Å². The number of nitrogens with one attached hydrogen (secondary N) is 1. The van der Waals surface area contributed by atoms with E-state index < -0.39 is 0 Å². The van der Waals surface area contributed by atoms with Gasteiger partial charge in [0.05, 0.1) is 6.04 Å². The Hall–Kier alpha value is -0.870. The van der Waals surface area contributed by atoms with Crippen molar-refractivity contribution in [1.29, 1.82) is 0 Å². The first-order valence-corrected chi connectivity index (χ1v) is 9.29. The van der Waals surface area contributed by atoms with Crippen molar-refractivity contribution in [2.24, 2.45) is 5.92 Å². The topological polar surface area (TPSA) is 32.3 Å². The summed E-state index contributed by atoms with van der Waals surface area (Å²) in [6.45, 7) is 4.38. The van der Waals surface area contributed by atoms with Crippen LogP contribution >= 0.6 is 11.3 Å². The van der Waals surface area contributed by atoms with Gasteiger partial charge in [-0.25, -0.2) is 0 Å². The van der Waals surface area contributed by atoms with Gasteiger partial charge in [-0.2, -0.15) is 11.3 Å². The summed E-state index contributed by atoms with van der Waals surface area (Å²) in [4.78, 5) is 14.9. The summed E-state index contributed by atoms with van der Waals surface area (Å²) in [5.41, 5.74) is 1.25. The number of hydrogen-bond donors (Lipinski definition) is 1. The minimum Gasteiger partial charge on any atom is -0.319 e. The molecule has 116 valence electrons. The van der Waals surface area contributed by atoms with Gasteiger partial charge in [-0.1, -0.05) is 20.3 Å². The third-order valence-electron chi connectivity index (χ3n) is 5.24. The number of rotatable bonds is 4. The minimum atomic E-state index is -0.00111. The van der Waals surface area contributed by atoms with E-state index >= 15 is 0 Å². The lowest BCUT2D eigenvalue weighted by Crippen LogP contribution is -2.42. The highest BCUT2D eigenvalue weighted by Crippen LogP contribution is 2.36. The summed E-state index contributed by atoms with van der Waals surface area (Å²) >= 11 is 1.71. The molecule has 3 nitrogen and oxygen atoms in total. The fraction of sp³-hybridized carbons (Fsp3) is 0.706. The van der Waals surface area contributed by atoms with E-state index in [1.807, 2.05) is 0 Å². The zero-order valence-corrected chi connectivity index (χ0v) is 13.9. The molecule has 1 saturated heterocycles. The smallest absolute Gasteiger partial charge is 0.241 e. The second-order valence-corrected chi connectivity index (χ2v) is 7.20. The van der Waals surface area contributed by atoms with Gasteiger partial charge in [-0.3, -0.25) is 10.1 Å². The van der Waals surface area contributed by atoms with Crippen LogP contribution in [0.25, 0.3) is 0 Å². The van der Waals surface area contributed by atoms with Crippen LogP contribution in [-0.4, -0.2) is 22.9 Å². The molecule has 4 heteroatoms. The normalized spacial score (nSPS) is 33.6. The fourth-order valence-electron chi connectivity index (χ4n) is 3.85. The Kier molecular flexibility index (Phi) is 4.65. The molecule has 0 radical (unpaired) electrons. The SMILES string of the molecule is CCC1CCC(N2C(=O)C(CC)NC2c2ccsc2)CC1. The molecule has 1 N–H and O–H groups in total. The molecule has 21 heavy (non-hydrogen) atoms. The van der Waals surface area contributed by atoms with Crippen LogP contribution in [0.15, 0.2) is 16.8 Å². The average Bonchev–Trinajstić information content (AvgIpc) is 3.15. The number of amides is 1. The van der Waals surface area contributed by atoms with Gasteiger partial charge in [0.25, 0.3) is 0 Å². The third-order valence-corrected chi connectivity index (χ3v) is 5.95. The van der Waals surface area contributed by atoms with Crippen molar-refractivity contribution < 1.29 is 4.79 Å². The molecule has 2 unspecified atom stereocenters. The molecule has 1 aliphatic carbocycles. The molecule has 1 saturated carbocycles. The minimum absolute atomic E-state index is 0.00111. The van der Waals surface area contributed by atoms with Crippen LogP contribution in [0.4, 0.5) is 0 Å². The van der Waals surface area contributed by atoms with Crippen molar-refractivity contribution in [3.05, 3.63) is 22.4 Å². The Bertz CT molecular complexity index is 465. The second kappa shape index (κ2) is 6.49. The lowest BCUT2D eigenvalue weighted by atomic mass is 9.83. The van der Waals surface area contributed by atoms with E-state index in [2.05, 4.69) is 40.9 Å². The van der Waals surface area contributed by atoms with E-state index in [4.69, 9.17) is 0 Å². The molecule has 2 aliphatic rings. The van der Waals surface area contributed by atoms with Crippen molar-refractivity contribution in [3.63, 3.8) is 0 Å². The molecule has 2 fully saturated rings. The Morgan fingerprint density at radius 3 is 2.57 bits per heavy atom. The summed E-state index contributed by atoms with van der Waals surface area (Å²) in [7, 11) is 0. The molecular weight excluding hydrogens is 280 g/mol. The highest BCUT2D eigenvalue weighted by atomic mass is 32.1. The van der Waals surface area contributed by atoms with E-state index in [9.17, 15) is 4.79 Å². The number of hydrogen-bond acceptors (Lipinski definition) is 3. The standard InChI is InChI=1S/C17H26N2OS/c1-3-12-5-7-14(8-6-12)19-16(13-9-10-21-11-13)18-15(4-2)17(19)20/h9-12,14-16,18H,3-8H2,1-2H3. The summed E-state index contributed by atoms with van der Waals surface area (Å²) in [5.74, 6) is 1.18. The fourth-order valence-corrected chi connectivity index (χ4v) is 4.53. The zero-order chi connectivity index (χ0) is 14.8. The van der Waals surface area contributed by atoms with E-state index in [-0.39, 0.29) is 12.2 Å². The Morgan fingerprint density at radius 2 is 2.00 bits per heavy atom. The second-order valence-electron chi connectivity index (χ2n) is 6.42. The van der Waals surface area contributed by atoms with Crippen molar-refractivity contribution in [1.82, 2.24) is 10.2 Å². The summed E-state index contributed by atoms with van der Waals surface area (Å²) in [6.07, 6.45) is 7.14. The van der Waals surface area contributed by atoms with Crippen molar-refractivity contribution >= 4 is 17.2 Å². The first-order chi connectivity index (χ1) is 10.2. The van der Waals surface area contributed by atoms with Gasteiger partial charge in [-0.05, 0) is 60.4 Å². The molecular formula is C17H26N2OS. The van der Waals surface area contributed by atoms with Gasteiger partial charge >= 0.3 is 0 Å². The number of nitrogens with zero attached hydrogens (tertiary/aromatic N) is 1. The van der Waals surface area contributed by atoms with Crippen molar-refractivity contribution in [2.75, 3.05) is 0 Å². The average molecular weight is 306 g/mol. The lowest BCUT2D eigenvalue weighted by Gasteiger charge is -2.37. The quantitative estimate of drug-likeness (QED) is 0.914. The van der Waals surface area contributed by atoms with Crippen LogP contribution in [0.5, 0.6) is 0 Å². The van der Waals surface area contributed by atoms with Gasteiger partial charge in [0, 0.05) is 6.04 Å². The molecule has 1 amide bonds. The number of carbonyl (C=O) groups is 1. The maximum absolute atomic E-state index is 12.8. The molecule has 1 aromatic heterocycles. The van der Waals surface area contributed by atoms with Crippen LogP contribution in [0.3, 0.4) is 0 Å². The predicted octanol–water partition coefficient (Wildman–Crippen LogP) is 3.93. The number of thiophene rings is 1. The molecule has 2 heterocycles. The van der Waals surface area contributed by atoms with Crippen LogP contribution in [0, 0.1) is 5.92 Å². The highest BCUT2D eigenvalue weighted by Gasteiger charge is 2.43. The summed E-state index contributed by atoms with van der Waals surface area (Å²) < 4.78 is 0. The zero-order valence-electron chi connectivity index (χ0n) is 13.0. The molecule has 0 aromatic carbocycles. The van der Waals surface area contributed by atoms with Crippen LogP contribution in [0.1, 0.15) is 64.1 Å². The Labute approximate surface area is 131 Å². The van der Waals surface area contributed by atoms with E-state index in [0.29, 0.717) is 11.9 Å². The Balaban J connectivity index is 1.78. The maximum Gasteiger partial charge on any atom is 0.241 e. The Morgan fingerprint density at radius 1 is 1.24 bits per heavy atom. The first-order valence-electron chi connectivity index (χ1n) is 8.34. The van der Waals surface area contributed by atoms with E-state index in [1.165, 1.54) is 37.7 Å². The number of carbonyl (C=O) groups excluding carboxylic acids is 1. The molecule has 1 aliphatic heterocycles. The predicted molar refractivity (Wildman–Crippen MR) is 87.2 cm³/mol. The first kappa shape index (κ1) is 15.0. The van der Waals surface area contributed by atoms with Gasteiger partial charge in [0.2, 0.25) is 5.91 Å². The van der Waals surface area contributed by atoms with Crippen LogP contribution < -0.4 is 5.32 Å². The largest absolute Gasteiger partial charge is 0.319 e. The monoisotopic (exact) mass is 306 g/mol. The summed E-state index contributed by atoms with van der Waals surface area (Å²) in [5, 5.41) is 7.83. The van der Waals surface area contributed by atoms with Crippen LogP contribution in [-0.2, 0) is 4.79 Å². The lowest BCUT2D eigenvalue weighted by molar-refractivity contribution is -0.133. The molecule has 3 rings (SSSR count). The van der Waals surface area contributed by atoms with Crippen molar-refractivity contribution in [2.45, 2.75) is 70.6 Å². The molecule has 0 bridgehead atoms. The van der Waals surface area contributed by atoms with Gasteiger partial charge in [0.15, 0.2) is 0 Å². The summed E-state index contributed by atoms with van der Waals surface area (Å²) in [6, 6.07) is 2.58. The van der Waals surface area contributed by atoms with Crippen molar-refractivity contribution in [3.8, 4) is 0 Å². The maximum atomic E-state index is 12.8. The molecule has 0 spiro atoms. The van der Waals surface area contributed by atoms with Crippen LogP contribution in [0.2, 0.25) is 0 Å². The third kappa shape index (κ3) is 2.88. The highest BCUT2D eigenvalue weighted by molar-refractivity contribution is 7.07. The van der Waals surface area contributed by atoms with Gasteiger partial charge < -0.3 is 4.90 Å². The molecule has 1 aromatic rings. The molecule has 2 atom stereocenters. The van der Waals surface area contributed by atoms with E-state index in [0.717, 1.165) is 12.3 Å². The van der Waals surface area contributed by atoms with Gasteiger partial charge in [0.1, 0.15) is 6.17 Å².